The van der Waals surface area contributed by atoms with E-state index in [9.17, 15) is 0 Å². The molecule has 38 heavy (non-hydrogen) atoms. The van der Waals surface area contributed by atoms with Gasteiger partial charge < -0.3 is 4.57 Å². The van der Waals surface area contributed by atoms with Crippen LogP contribution in [-0.2, 0) is 0 Å². The van der Waals surface area contributed by atoms with Crippen LogP contribution >= 0.6 is 0 Å². The van der Waals surface area contributed by atoms with Crippen molar-refractivity contribution in [3.8, 4) is 23.0 Å². The van der Waals surface area contributed by atoms with E-state index < -0.39 is 0 Å². The molecular formula is C33H21N5. The zero-order valence-corrected chi connectivity index (χ0v) is 20.4. The van der Waals surface area contributed by atoms with Gasteiger partial charge >= 0.3 is 0 Å². The third-order valence-corrected chi connectivity index (χ3v) is 7.29. The van der Waals surface area contributed by atoms with Crippen molar-refractivity contribution in [2.24, 2.45) is 0 Å². The average molecular weight is 488 g/mol. The molecule has 8 aromatic rings. The number of benzene rings is 5. The van der Waals surface area contributed by atoms with Gasteiger partial charge in [0.25, 0.3) is 0 Å². The third-order valence-electron chi connectivity index (χ3n) is 7.29. The highest BCUT2D eigenvalue weighted by atomic mass is 15.2. The van der Waals surface area contributed by atoms with E-state index in [1.807, 2.05) is 30.3 Å². The number of nitrogens with zero attached hydrogens (tertiary/aromatic N) is 5. The smallest absolute Gasteiger partial charge is 0.238 e. The Kier molecular flexibility index (Phi) is 4.45. The van der Waals surface area contributed by atoms with Gasteiger partial charge in [0.2, 0.25) is 5.95 Å². The Labute approximate surface area is 218 Å². The molecule has 0 radical (unpaired) electrons. The summed E-state index contributed by atoms with van der Waals surface area (Å²) in [5.41, 5.74) is 6.60. The Morgan fingerprint density at radius 2 is 1.00 bits per heavy atom. The van der Waals surface area contributed by atoms with Crippen molar-refractivity contribution in [1.82, 2.24) is 24.1 Å². The van der Waals surface area contributed by atoms with E-state index in [4.69, 9.17) is 4.98 Å². The number of fused-ring (bicyclic) bond motifs is 6. The SMILES string of the molecule is c1ccc(-c2ncnc(-n3c4ccccc4c4cc(-n5c6ccccc6c6ccccc65)ccc43)n2)cc1. The summed E-state index contributed by atoms with van der Waals surface area (Å²) in [6, 6.07) is 42.3. The quantitative estimate of drug-likeness (QED) is 0.256. The Bertz CT molecular complexity index is 2080. The first-order valence-electron chi connectivity index (χ1n) is 12.6. The minimum Gasteiger partial charge on any atom is -0.309 e. The average Bonchev–Trinajstić information content (AvgIpc) is 3.50. The van der Waals surface area contributed by atoms with Gasteiger partial charge in [0.05, 0.1) is 22.1 Å². The normalized spacial score (nSPS) is 11.7. The lowest BCUT2D eigenvalue weighted by Crippen LogP contribution is -2.03. The first kappa shape index (κ1) is 20.9. The number of hydrogen-bond acceptors (Lipinski definition) is 3. The van der Waals surface area contributed by atoms with E-state index in [1.165, 1.54) is 21.8 Å². The molecule has 0 aliphatic carbocycles. The number of aromatic nitrogens is 5. The minimum atomic E-state index is 0.606. The van der Waals surface area contributed by atoms with Crippen LogP contribution in [0.1, 0.15) is 0 Å². The fourth-order valence-corrected chi connectivity index (χ4v) is 5.64. The molecule has 0 atom stereocenters. The molecule has 8 rings (SSSR count). The number of hydrogen-bond donors (Lipinski definition) is 0. The van der Waals surface area contributed by atoms with E-state index in [2.05, 4.69) is 110 Å². The Balaban J connectivity index is 1.40. The molecule has 0 saturated heterocycles. The molecule has 0 unspecified atom stereocenters. The summed E-state index contributed by atoms with van der Waals surface area (Å²) in [6.07, 6.45) is 1.59. The van der Waals surface area contributed by atoms with Gasteiger partial charge in [0, 0.05) is 32.8 Å². The van der Waals surface area contributed by atoms with E-state index in [0.717, 1.165) is 33.1 Å². The van der Waals surface area contributed by atoms with Crippen LogP contribution in [0.3, 0.4) is 0 Å². The molecular weight excluding hydrogens is 466 g/mol. The van der Waals surface area contributed by atoms with Crippen molar-refractivity contribution < 1.29 is 0 Å². The van der Waals surface area contributed by atoms with Crippen molar-refractivity contribution in [1.29, 1.82) is 0 Å². The number of para-hydroxylation sites is 3. The van der Waals surface area contributed by atoms with E-state index in [-0.39, 0.29) is 0 Å². The summed E-state index contributed by atoms with van der Waals surface area (Å²) >= 11 is 0. The summed E-state index contributed by atoms with van der Waals surface area (Å²) in [7, 11) is 0. The van der Waals surface area contributed by atoms with Gasteiger partial charge in [-0.25, -0.2) is 9.97 Å². The lowest BCUT2D eigenvalue weighted by atomic mass is 10.1. The van der Waals surface area contributed by atoms with Gasteiger partial charge in [-0.1, -0.05) is 84.9 Å². The molecule has 5 heteroatoms. The molecule has 5 nitrogen and oxygen atoms in total. The Hall–Kier alpha value is -5.29. The largest absolute Gasteiger partial charge is 0.309 e. The fraction of sp³-hybridized carbons (Fsp3) is 0. The highest BCUT2D eigenvalue weighted by molar-refractivity contribution is 6.12. The second-order valence-electron chi connectivity index (χ2n) is 9.40. The predicted octanol–water partition coefficient (Wildman–Crippen LogP) is 7.73. The highest BCUT2D eigenvalue weighted by Crippen LogP contribution is 2.36. The van der Waals surface area contributed by atoms with Gasteiger partial charge in [0.1, 0.15) is 6.33 Å². The molecule has 3 aromatic heterocycles. The first-order valence-corrected chi connectivity index (χ1v) is 12.6. The lowest BCUT2D eigenvalue weighted by molar-refractivity contribution is 0.946. The second kappa shape index (κ2) is 8.11. The van der Waals surface area contributed by atoms with Crippen LogP contribution in [0.5, 0.6) is 0 Å². The van der Waals surface area contributed by atoms with Crippen LogP contribution in [0, 0.1) is 0 Å². The lowest BCUT2D eigenvalue weighted by Gasteiger charge is -2.10. The van der Waals surface area contributed by atoms with E-state index in [0.29, 0.717) is 11.8 Å². The van der Waals surface area contributed by atoms with E-state index in [1.54, 1.807) is 6.33 Å². The molecule has 0 bridgehead atoms. The summed E-state index contributed by atoms with van der Waals surface area (Å²) < 4.78 is 4.49. The van der Waals surface area contributed by atoms with Crippen LogP contribution in [0.4, 0.5) is 0 Å². The van der Waals surface area contributed by atoms with Crippen LogP contribution in [0.25, 0.3) is 66.6 Å². The van der Waals surface area contributed by atoms with Gasteiger partial charge in [-0.2, -0.15) is 4.98 Å². The molecule has 0 aliphatic rings. The van der Waals surface area contributed by atoms with Crippen molar-refractivity contribution in [3.63, 3.8) is 0 Å². The maximum Gasteiger partial charge on any atom is 0.238 e. The van der Waals surface area contributed by atoms with Crippen LogP contribution < -0.4 is 0 Å². The molecule has 0 N–H and O–H groups in total. The summed E-state index contributed by atoms with van der Waals surface area (Å²) in [5.74, 6) is 1.26. The molecule has 5 aromatic carbocycles. The zero-order valence-electron chi connectivity index (χ0n) is 20.4. The third kappa shape index (κ3) is 3.02. The molecule has 178 valence electrons. The summed E-state index contributed by atoms with van der Waals surface area (Å²) in [5, 5.41) is 4.82. The van der Waals surface area contributed by atoms with Gasteiger partial charge in [-0.05, 0) is 36.4 Å². The maximum atomic E-state index is 4.88. The molecule has 0 fully saturated rings. The summed E-state index contributed by atoms with van der Waals surface area (Å²) in [6.45, 7) is 0. The van der Waals surface area contributed by atoms with E-state index >= 15 is 0 Å². The summed E-state index contributed by atoms with van der Waals surface area (Å²) in [4.78, 5) is 13.9. The Morgan fingerprint density at radius 3 is 1.68 bits per heavy atom. The monoisotopic (exact) mass is 487 g/mol. The van der Waals surface area contributed by atoms with Gasteiger partial charge in [-0.15, -0.1) is 0 Å². The van der Waals surface area contributed by atoms with Gasteiger partial charge in [-0.3, -0.25) is 4.57 Å². The zero-order chi connectivity index (χ0) is 25.1. The second-order valence-corrected chi connectivity index (χ2v) is 9.40. The Morgan fingerprint density at radius 1 is 0.447 bits per heavy atom. The van der Waals surface area contributed by atoms with Crippen molar-refractivity contribution in [2.45, 2.75) is 0 Å². The fourth-order valence-electron chi connectivity index (χ4n) is 5.64. The minimum absolute atomic E-state index is 0.606. The van der Waals surface area contributed by atoms with Crippen molar-refractivity contribution >= 4 is 43.6 Å². The topological polar surface area (TPSA) is 48.5 Å². The number of rotatable bonds is 3. The molecule has 0 saturated carbocycles. The van der Waals surface area contributed by atoms with Crippen LogP contribution in [0.2, 0.25) is 0 Å². The van der Waals surface area contributed by atoms with Gasteiger partial charge in [0.15, 0.2) is 5.82 Å². The molecule has 0 amide bonds. The highest BCUT2D eigenvalue weighted by Gasteiger charge is 2.17. The van der Waals surface area contributed by atoms with Crippen molar-refractivity contribution in [2.75, 3.05) is 0 Å². The van der Waals surface area contributed by atoms with Crippen LogP contribution in [0.15, 0.2) is 128 Å². The standard InChI is InChI=1S/C33H21N5/c1-2-10-22(11-3-1)32-34-21-35-33(36-32)38-30-17-9-6-14-26(30)27-20-23(18-19-31(27)38)37-28-15-7-4-12-24(28)25-13-5-8-16-29(25)37/h1-21H. The maximum absolute atomic E-state index is 4.88. The van der Waals surface area contributed by atoms with Crippen LogP contribution in [-0.4, -0.2) is 24.1 Å². The molecule has 3 heterocycles. The molecule has 0 spiro atoms. The van der Waals surface area contributed by atoms with Crippen molar-refractivity contribution in [3.05, 3.63) is 128 Å². The first-order chi connectivity index (χ1) is 18.9. The molecule has 0 aliphatic heterocycles. The predicted molar refractivity (Wildman–Crippen MR) is 154 cm³/mol.